The van der Waals surface area contributed by atoms with Crippen molar-refractivity contribution in [1.82, 2.24) is 9.78 Å². The molecule has 172 valence electrons. The minimum absolute atomic E-state index is 0.0624. The maximum absolute atomic E-state index is 12.8. The van der Waals surface area contributed by atoms with Crippen LogP contribution in [0.1, 0.15) is 23.0 Å². The van der Waals surface area contributed by atoms with Crippen LogP contribution in [0.3, 0.4) is 0 Å². The number of aromatic nitrogens is 2. The van der Waals surface area contributed by atoms with E-state index in [2.05, 4.69) is 5.10 Å². The number of rotatable bonds is 7. The maximum atomic E-state index is 12.8. The van der Waals surface area contributed by atoms with E-state index in [1.807, 2.05) is 6.92 Å². The number of hydrogen-bond donors (Lipinski definition) is 0. The Labute approximate surface area is 192 Å². The first kappa shape index (κ1) is 23.9. The van der Waals surface area contributed by atoms with Crippen molar-refractivity contribution in [3.05, 3.63) is 85.3 Å². The van der Waals surface area contributed by atoms with E-state index in [9.17, 15) is 28.1 Å². The molecule has 0 aliphatic heterocycles. The van der Waals surface area contributed by atoms with Crippen molar-refractivity contribution in [3.8, 4) is 11.4 Å². The van der Waals surface area contributed by atoms with Gasteiger partial charge in [-0.05, 0) is 32.0 Å². The lowest BCUT2D eigenvalue weighted by Gasteiger charge is -2.13. The van der Waals surface area contributed by atoms with Gasteiger partial charge in [0, 0.05) is 12.1 Å². The molecule has 1 aromatic heterocycles. The number of nitro benzene ring substituents is 1. The molecular formula is C20H16ClN3O8S. The van der Waals surface area contributed by atoms with Crippen molar-refractivity contribution in [3.63, 3.8) is 0 Å². The van der Waals surface area contributed by atoms with E-state index in [1.54, 1.807) is 24.3 Å². The van der Waals surface area contributed by atoms with Crippen LogP contribution in [0.15, 0.2) is 58.2 Å². The number of hydrogen-bond acceptors (Lipinski definition) is 9. The summed E-state index contributed by atoms with van der Waals surface area (Å²) in [4.78, 5) is 34.6. The van der Waals surface area contributed by atoms with Crippen molar-refractivity contribution in [2.45, 2.75) is 18.7 Å². The third-order valence-electron chi connectivity index (χ3n) is 4.24. The molecule has 0 atom stereocenters. The fraction of sp³-hybridized carbons (Fsp3) is 0.150. The summed E-state index contributed by atoms with van der Waals surface area (Å²) in [6.45, 7) is 3.30. The van der Waals surface area contributed by atoms with Gasteiger partial charge in [-0.25, -0.2) is 4.79 Å². The van der Waals surface area contributed by atoms with Crippen LogP contribution in [0.2, 0.25) is 5.02 Å². The zero-order valence-electron chi connectivity index (χ0n) is 17.2. The van der Waals surface area contributed by atoms with Gasteiger partial charge in [0.25, 0.3) is 11.2 Å². The standard InChI is InChI=1S/C20H16ClN3O8S/c1-3-31-20(26)19-16(11-18(25)23(22-19)13-6-4-12(2)5-7-13)32-33(29,30)17-10-14(24(27)28)8-9-15(17)21/h4-11H,3H2,1-2H3. The lowest BCUT2D eigenvalue weighted by atomic mass is 10.2. The summed E-state index contributed by atoms with van der Waals surface area (Å²) in [6, 6.07) is 10.1. The average molecular weight is 494 g/mol. The van der Waals surface area contributed by atoms with Gasteiger partial charge in [0.2, 0.25) is 5.69 Å². The molecule has 0 aliphatic carbocycles. The van der Waals surface area contributed by atoms with Crippen LogP contribution in [0.5, 0.6) is 5.75 Å². The Morgan fingerprint density at radius 1 is 1.18 bits per heavy atom. The van der Waals surface area contributed by atoms with E-state index in [4.69, 9.17) is 20.5 Å². The first-order valence-corrected chi connectivity index (χ1v) is 11.1. The molecule has 13 heteroatoms. The molecule has 0 spiro atoms. The van der Waals surface area contributed by atoms with E-state index in [-0.39, 0.29) is 11.6 Å². The van der Waals surface area contributed by atoms with Crippen LogP contribution in [0.4, 0.5) is 5.69 Å². The first-order valence-electron chi connectivity index (χ1n) is 9.30. The smallest absolute Gasteiger partial charge is 0.362 e. The fourth-order valence-electron chi connectivity index (χ4n) is 2.68. The second-order valence-corrected chi connectivity index (χ2v) is 8.49. The highest BCUT2D eigenvalue weighted by molar-refractivity contribution is 7.87. The van der Waals surface area contributed by atoms with Crippen LogP contribution in [0.25, 0.3) is 5.69 Å². The van der Waals surface area contributed by atoms with Crippen LogP contribution in [-0.4, -0.2) is 35.7 Å². The van der Waals surface area contributed by atoms with Gasteiger partial charge >= 0.3 is 16.1 Å². The summed E-state index contributed by atoms with van der Waals surface area (Å²) in [7, 11) is -4.80. The molecule has 3 aromatic rings. The molecule has 1 heterocycles. The maximum Gasteiger partial charge on any atom is 0.362 e. The largest absolute Gasteiger partial charge is 0.461 e. The molecule has 11 nitrogen and oxygen atoms in total. The van der Waals surface area contributed by atoms with Gasteiger partial charge in [-0.2, -0.15) is 18.2 Å². The molecule has 0 aliphatic rings. The van der Waals surface area contributed by atoms with Crippen molar-refractivity contribution in [2.24, 2.45) is 0 Å². The van der Waals surface area contributed by atoms with Crippen LogP contribution < -0.4 is 9.74 Å². The first-order chi connectivity index (χ1) is 15.5. The highest BCUT2D eigenvalue weighted by atomic mass is 35.5. The normalized spacial score (nSPS) is 11.1. The second kappa shape index (κ2) is 9.38. The molecule has 0 saturated heterocycles. The molecule has 0 saturated carbocycles. The van der Waals surface area contributed by atoms with E-state index < -0.39 is 48.6 Å². The monoisotopic (exact) mass is 493 g/mol. The Balaban J connectivity index is 2.14. The van der Waals surface area contributed by atoms with E-state index >= 15 is 0 Å². The molecule has 0 amide bonds. The summed E-state index contributed by atoms with van der Waals surface area (Å²) in [5, 5.41) is 14.6. The number of nitrogens with zero attached hydrogens (tertiary/aromatic N) is 3. The zero-order chi connectivity index (χ0) is 24.3. The number of halogens is 1. The third-order valence-corrected chi connectivity index (χ3v) is 5.96. The minimum Gasteiger partial charge on any atom is -0.461 e. The summed E-state index contributed by atoms with van der Waals surface area (Å²) in [6.07, 6.45) is 0. The Hall–Kier alpha value is -3.77. The minimum atomic E-state index is -4.80. The van der Waals surface area contributed by atoms with Crippen molar-refractivity contribution < 1.29 is 27.1 Å². The Bertz CT molecular complexity index is 1400. The van der Waals surface area contributed by atoms with Gasteiger partial charge in [-0.15, -0.1) is 0 Å². The van der Waals surface area contributed by atoms with Crippen molar-refractivity contribution in [2.75, 3.05) is 6.61 Å². The highest BCUT2D eigenvalue weighted by Crippen LogP contribution is 2.29. The number of benzene rings is 2. The summed E-state index contributed by atoms with van der Waals surface area (Å²) >= 11 is 5.90. The molecule has 0 fully saturated rings. The predicted molar refractivity (Wildman–Crippen MR) is 116 cm³/mol. The fourth-order valence-corrected chi connectivity index (χ4v) is 4.10. The number of nitro groups is 1. The van der Waals surface area contributed by atoms with E-state index in [0.717, 1.165) is 28.4 Å². The molecule has 0 bridgehead atoms. The lowest BCUT2D eigenvalue weighted by Crippen LogP contribution is -2.26. The SMILES string of the molecule is CCOC(=O)c1nn(-c2ccc(C)cc2)c(=O)cc1OS(=O)(=O)c1cc([N+](=O)[O-])ccc1Cl. The van der Waals surface area contributed by atoms with Crippen LogP contribution >= 0.6 is 11.6 Å². The second-order valence-electron chi connectivity index (χ2n) is 6.57. The summed E-state index contributed by atoms with van der Waals surface area (Å²) in [5.41, 5.74) is -0.728. The molecule has 3 rings (SSSR count). The number of aryl methyl sites for hydroxylation is 1. The molecule has 33 heavy (non-hydrogen) atoms. The van der Waals surface area contributed by atoms with Crippen molar-refractivity contribution in [1.29, 1.82) is 0 Å². The van der Waals surface area contributed by atoms with Crippen LogP contribution in [-0.2, 0) is 14.9 Å². The quantitative estimate of drug-likeness (QED) is 0.209. The summed E-state index contributed by atoms with van der Waals surface area (Å²) < 4.78 is 36.4. The number of esters is 1. The van der Waals surface area contributed by atoms with Gasteiger partial charge < -0.3 is 8.92 Å². The summed E-state index contributed by atoms with van der Waals surface area (Å²) in [5.74, 6) is -1.77. The Morgan fingerprint density at radius 3 is 2.45 bits per heavy atom. The predicted octanol–water partition coefficient (Wildman–Crippen LogP) is 3.05. The number of carbonyl (C=O) groups excluding carboxylic acids is 1. The Kier molecular flexibility index (Phi) is 6.79. The van der Waals surface area contributed by atoms with Gasteiger partial charge in [0.05, 0.1) is 28.3 Å². The number of non-ortho nitro benzene ring substituents is 1. The molecular weight excluding hydrogens is 478 g/mol. The topological polar surface area (TPSA) is 148 Å². The zero-order valence-corrected chi connectivity index (χ0v) is 18.8. The highest BCUT2D eigenvalue weighted by Gasteiger charge is 2.28. The lowest BCUT2D eigenvalue weighted by molar-refractivity contribution is -0.385. The van der Waals surface area contributed by atoms with Gasteiger partial charge in [0.1, 0.15) is 4.90 Å². The van der Waals surface area contributed by atoms with E-state index in [1.165, 1.54) is 6.92 Å². The third kappa shape index (κ3) is 5.18. The van der Waals surface area contributed by atoms with Crippen LogP contribution in [0, 0.1) is 17.0 Å². The molecule has 0 radical (unpaired) electrons. The molecule has 0 N–H and O–H groups in total. The average Bonchev–Trinajstić information content (AvgIpc) is 2.74. The van der Waals surface area contributed by atoms with Gasteiger partial charge in [-0.3, -0.25) is 14.9 Å². The van der Waals surface area contributed by atoms with Crippen molar-refractivity contribution >= 4 is 33.4 Å². The number of carbonyl (C=O) groups is 1. The Morgan fingerprint density at radius 2 is 1.85 bits per heavy atom. The van der Waals surface area contributed by atoms with Gasteiger partial charge in [0.15, 0.2) is 5.75 Å². The molecule has 2 aromatic carbocycles. The molecule has 0 unspecified atom stereocenters. The number of ether oxygens (including phenoxy) is 1. The van der Waals surface area contributed by atoms with E-state index in [0.29, 0.717) is 11.8 Å². The van der Waals surface area contributed by atoms with Gasteiger partial charge in [-0.1, -0.05) is 29.3 Å².